The Morgan fingerprint density at radius 3 is 2.45 bits per heavy atom. The van der Waals surface area contributed by atoms with Gasteiger partial charge >= 0.3 is 5.69 Å². The molecule has 0 atom stereocenters. The van der Waals surface area contributed by atoms with Crippen LogP contribution in [0.5, 0.6) is 0 Å². The zero-order valence-electron chi connectivity index (χ0n) is 15.5. The molecule has 8 nitrogen and oxygen atoms in total. The SMILES string of the molecule is O=[N+]([O-])c1ccc(NN=CC2=C(C#Cc3ccccc3)CCCC2)c([N+](=O)[O-])c1. The van der Waals surface area contributed by atoms with E-state index in [1.807, 2.05) is 30.3 Å². The molecule has 0 saturated heterocycles. The van der Waals surface area contributed by atoms with Crippen LogP contribution in [0, 0.1) is 32.1 Å². The highest BCUT2D eigenvalue weighted by Crippen LogP contribution is 2.29. The van der Waals surface area contributed by atoms with Crippen molar-refractivity contribution in [1.29, 1.82) is 0 Å². The number of non-ortho nitro benzene ring substituents is 1. The first-order valence-corrected chi connectivity index (χ1v) is 9.05. The van der Waals surface area contributed by atoms with Crippen LogP contribution in [0.15, 0.2) is 64.8 Å². The van der Waals surface area contributed by atoms with Crippen molar-refractivity contribution < 1.29 is 9.85 Å². The molecule has 0 spiro atoms. The smallest absolute Gasteiger partial charge is 0.272 e. The maximum atomic E-state index is 11.2. The summed E-state index contributed by atoms with van der Waals surface area (Å²) in [6.07, 6.45) is 5.39. The van der Waals surface area contributed by atoms with Crippen LogP contribution >= 0.6 is 0 Å². The summed E-state index contributed by atoms with van der Waals surface area (Å²) in [5.41, 5.74) is 4.88. The van der Waals surface area contributed by atoms with Crippen molar-refractivity contribution in [3.05, 3.63) is 85.5 Å². The number of hydrazone groups is 1. The molecule has 29 heavy (non-hydrogen) atoms. The summed E-state index contributed by atoms with van der Waals surface area (Å²) in [7, 11) is 0. The fraction of sp³-hybridized carbons (Fsp3) is 0.190. The Morgan fingerprint density at radius 2 is 1.72 bits per heavy atom. The first-order valence-electron chi connectivity index (χ1n) is 9.05. The lowest BCUT2D eigenvalue weighted by molar-refractivity contribution is -0.393. The molecule has 0 unspecified atom stereocenters. The second kappa shape index (κ2) is 9.28. The van der Waals surface area contributed by atoms with E-state index in [0.717, 1.165) is 48.5 Å². The summed E-state index contributed by atoms with van der Waals surface area (Å²) >= 11 is 0. The summed E-state index contributed by atoms with van der Waals surface area (Å²) in [4.78, 5) is 20.7. The fourth-order valence-electron chi connectivity index (χ4n) is 2.94. The second-order valence-corrected chi connectivity index (χ2v) is 6.41. The number of anilines is 1. The highest BCUT2D eigenvalue weighted by Gasteiger charge is 2.19. The predicted molar refractivity (Wildman–Crippen MR) is 111 cm³/mol. The van der Waals surface area contributed by atoms with Crippen LogP contribution in [0.2, 0.25) is 0 Å². The summed E-state index contributed by atoms with van der Waals surface area (Å²) in [6, 6.07) is 13.1. The molecule has 146 valence electrons. The third-order valence-electron chi connectivity index (χ3n) is 4.44. The van der Waals surface area contributed by atoms with Gasteiger partial charge in [-0.05, 0) is 49.5 Å². The summed E-state index contributed by atoms with van der Waals surface area (Å²) in [6.45, 7) is 0. The molecule has 2 aromatic carbocycles. The minimum Gasteiger partial charge on any atom is -0.272 e. The Labute approximate surface area is 167 Å². The number of nitro benzene ring substituents is 2. The summed E-state index contributed by atoms with van der Waals surface area (Å²) < 4.78 is 0. The molecular weight excluding hydrogens is 372 g/mol. The van der Waals surface area contributed by atoms with Gasteiger partial charge in [-0.2, -0.15) is 5.10 Å². The number of rotatable bonds is 5. The van der Waals surface area contributed by atoms with Crippen LogP contribution in [-0.4, -0.2) is 16.1 Å². The second-order valence-electron chi connectivity index (χ2n) is 6.41. The molecular formula is C21H18N4O4. The van der Waals surface area contributed by atoms with Crippen molar-refractivity contribution in [1.82, 2.24) is 0 Å². The average molecular weight is 390 g/mol. The van der Waals surface area contributed by atoms with Crippen LogP contribution < -0.4 is 5.43 Å². The highest BCUT2D eigenvalue weighted by molar-refractivity contribution is 5.82. The van der Waals surface area contributed by atoms with Gasteiger partial charge in [0.05, 0.1) is 22.1 Å². The molecule has 0 bridgehead atoms. The van der Waals surface area contributed by atoms with E-state index in [4.69, 9.17) is 0 Å². The molecule has 0 aliphatic heterocycles. The van der Waals surface area contributed by atoms with Crippen molar-refractivity contribution in [3.63, 3.8) is 0 Å². The van der Waals surface area contributed by atoms with Crippen molar-refractivity contribution in [2.24, 2.45) is 5.10 Å². The Hall–Kier alpha value is -3.99. The fourth-order valence-corrected chi connectivity index (χ4v) is 2.94. The van der Waals surface area contributed by atoms with E-state index in [1.165, 1.54) is 12.1 Å². The van der Waals surface area contributed by atoms with Gasteiger partial charge < -0.3 is 0 Å². The predicted octanol–water partition coefficient (Wildman–Crippen LogP) is 4.82. The van der Waals surface area contributed by atoms with Gasteiger partial charge in [-0.15, -0.1) is 0 Å². The molecule has 0 amide bonds. The van der Waals surface area contributed by atoms with Gasteiger partial charge in [0.25, 0.3) is 5.69 Å². The number of hydrogen-bond acceptors (Lipinski definition) is 6. The third kappa shape index (κ3) is 5.26. The van der Waals surface area contributed by atoms with E-state index < -0.39 is 15.5 Å². The quantitative estimate of drug-likeness (QED) is 0.340. The summed E-state index contributed by atoms with van der Waals surface area (Å²) in [5.74, 6) is 6.36. The maximum absolute atomic E-state index is 11.2. The maximum Gasteiger partial charge on any atom is 0.301 e. The van der Waals surface area contributed by atoms with E-state index in [-0.39, 0.29) is 11.4 Å². The zero-order valence-corrected chi connectivity index (χ0v) is 15.5. The van der Waals surface area contributed by atoms with Crippen molar-refractivity contribution in [2.45, 2.75) is 25.7 Å². The first-order chi connectivity index (χ1) is 14.0. The van der Waals surface area contributed by atoms with Crippen LogP contribution in [0.25, 0.3) is 0 Å². The standard InChI is InChI=1S/C21H18N4O4/c26-24(27)19-12-13-20(21(14-19)25(28)29)23-22-15-18-9-5-4-8-17(18)11-10-16-6-2-1-3-7-16/h1-3,6-7,12-15,23H,4-5,8-9H2. The topological polar surface area (TPSA) is 111 Å². The lowest BCUT2D eigenvalue weighted by Crippen LogP contribution is -2.02. The van der Waals surface area contributed by atoms with E-state index in [2.05, 4.69) is 22.4 Å². The largest absolute Gasteiger partial charge is 0.301 e. The Bertz CT molecular complexity index is 1050. The lowest BCUT2D eigenvalue weighted by Gasteiger charge is -2.13. The number of nitrogens with zero attached hydrogens (tertiary/aromatic N) is 3. The number of nitrogens with one attached hydrogen (secondary N) is 1. The van der Waals surface area contributed by atoms with E-state index in [9.17, 15) is 20.2 Å². The van der Waals surface area contributed by atoms with Gasteiger partial charge in [0.2, 0.25) is 0 Å². The van der Waals surface area contributed by atoms with E-state index in [0.29, 0.717) is 0 Å². The first kappa shape index (κ1) is 19.8. The number of nitro groups is 2. The highest BCUT2D eigenvalue weighted by atomic mass is 16.6. The molecule has 1 N–H and O–H groups in total. The Balaban J connectivity index is 1.81. The molecule has 0 radical (unpaired) electrons. The van der Waals surface area contributed by atoms with Crippen molar-refractivity contribution in [2.75, 3.05) is 5.43 Å². The molecule has 1 aliphatic rings. The van der Waals surface area contributed by atoms with E-state index >= 15 is 0 Å². The lowest BCUT2D eigenvalue weighted by atomic mass is 9.92. The van der Waals surface area contributed by atoms with Crippen LogP contribution in [0.3, 0.4) is 0 Å². The molecule has 8 heteroatoms. The minimum absolute atomic E-state index is 0.0881. The number of benzene rings is 2. The number of allylic oxidation sites excluding steroid dienone is 2. The van der Waals surface area contributed by atoms with Crippen molar-refractivity contribution in [3.8, 4) is 11.8 Å². The van der Waals surface area contributed by atoms with Crippen LogP contribution in [0.4, 0.5) is 17.1 Å². The molecule has 0 fully saturated rings. The monoisotopic (exact) mass is 390 g/mol. The molecule has 0 saturated carbocycles. The molecule has 0 aromatic heterocycles. The van der Waals surface area contributed by atoms with E-state index in [1.54, 1.807) is 6.21 Å². The summed E-state index contributed by atoms with van der Waals surface area (Å²) in [5, 5.41) is 26.1. The molecule has 1 aliphatic carbocycles. The zero-order chi connectivity index (χ0) is 20.6. The van der Waals surface area contributed by atoms with Gasteiger partial charge in [0.1, 0.15) is 5.69 Å². The van der Waals surface area contributed by atoms with Gasteiger partial charge in [0.15, 0.2) is 0 Å². The van der Waals surface area contributed by atoms with Gasteiger partial charge in [0, 0.05) is 17.2 Å². The van der Waals surface area contributed by atoms with Crippen LogP contribution in [0.1, 0.15) is 31.2 Å². The molecule has 0 heterocycles. The Kier molecular flexibility index (Phi) is 6.32. The minimum atomic E-state index is -0.679. The number of hydrogen-bond donors (Lipinski definition) is 1. The molecule has 3 rings (SSSR count). The van der Waals surface area contributed by atoms with Gasteiger partial charge in [-0.3, -0.25) is 25.7 Å². The van der Waals surface area contributed by atoms with Crippen molar-refractivity contribution >= 4 is 23.3 Å². The van der Waals surface area contributed by atoms with Gasteiger partial charge in [-0.25, -0.2) is 0 Å². The van der Waals surface area contributed by atoms with Gasteiger partial charge in [-0.1, -0.05) is 30.0 Å². The average Bonchev–Trinajstić information content (AvgIpc) is 2.73. The third-order valence-corrected chi connectivity index (χ3v) is 4.44. The van der Waals surface area contributed by atoms with Crippen LogP contribution in [-0.2, 0) is 0 Å². The normalized spacial score (nSPS) is 13.7. The Morgan fingerprint density at radius 1 is 0.966 bits per heavy atom. The molecule has 2 aromatic rings.